The third-order valence-corrected chi connectivity index (χ3v) is 6.70. The molecule has 0 amide bonds. The molecule has 2 aromatic carbocycles. The van der Waals surface area contributed by atoms with Crippen molar-refractivity contribution in [1.29, 1.82) is 5.26 Å². The Morgan fingerprint density at radius 3 is 2.26 bits per heavy atom. The molecular formula is C30H32N6O7. The number of carbonyl (C=O) groups excluding carboxylic acids is 2. The molecule has 13 nitrogen and oxygen atoms in total. The summed E-state index contributed by atoms with van der Waals surface area (Å²) >= 11 is 0. The molecule has 0 atom stereocenters. The second-order valence-electron chi connectivity index (χ2n) is 9.49. The number of anilines is 2. The Morgan fingerprint density at radius 1 is 0.860 bits per heavy atom. The summed E-state index contributed by atoms with van der Waals surface area (Å²) in [5, 5.41) is 45.6. The first-order valence-corrected chi connectivity index (χ1v) is 13.5. The van der Waals surface area contributed by atoms with Gasteiger partial charge in [0.2, 0.25) is 5.78 Å². The molecule has 0 radical (unpaired) electrons. The third kappa shape index (κ3) is 6.62. The number of methoxy groups -OCH3 is 2. The predicted octanol–water partition coefficient (Wildman–Crippen LogP) is 4.39. The number of azo groups is 1. The molecule has 1 heterocycles. The standard InChI is InChI=1S/C30H32N6O7/c1-17-19(16-31)29(33-11-13-41-2)34-30(32-10-5-12-43-15-14-42-3)26(17)36-35-20-7-4-6-18-23(20)28(40)25-22(38)9-8-21(37)24(25)27(18)39/h4,6-9,37-38H,5,10-15H2,1-3H3,(H2,32,33,34)/b36-35+. The van der Waals surface area contributed by atoms with Gasteiger partial charge in [-0.3, -0.25) is 9.59 Å². The molecule has 0 unspecified atom stereocenters. The number of ketones is 2. The molecule has 0 aliphatic heterocycles. The van der Waals surface area contributed by atoms with Gasteiger partial charge in [-0.25, -0.2) is 4.98 Å². The molecule has 1 aliphatic rings. The maximum Gasteiger partial charge on any atom is 0.200 e. The van der Waals surface area contributed by atoms with Crippen molar-refractivity contribution < 1.29 is 34.0 Å². The van der Waals surface area contributed by atoms with Crippen LogP contribution in [-0.2, 0) is 14.2 Å². The number of fused-ring (bicyclic) bond motifs is 2. The van der Waals surface area contributed by atoms with Crippen LogP contribution in [0.3, 0.4) is 0 Å². The number of carbonyl (C=O) groups is 2. The van der Waals surface area contributed by atoms with E-state index in [9.17, 15) is 25.1 Å². The first-order valence-electron chi connectivity index (χ1n) is 13.5. The van der Waals surface area contributed by atoms with E-state index in [0.717, 1.165) is 12.1 Å². The van der Waals surface area contributed by atoms with Crippen LogP contribution in [0.15, 0.2) is 40.6 Å². The van der Waals surface area contributed by atoms with E-state index >= 15 is 0 Å². The third-order valence-electron chi connectivity index (χ3n) is 6.70. The number of rotatable bonds is 14. The molecule has 224 valence electrons. The topological polar surface area (TPSA) is 188 Å². The van der Waals surface area contributed by atoms with Gasteiger partial charge in [0.15, 0.2) is 11.6 Å². The Bertz CT molecular complexity index is 1600. The summed E-state index contributed by atoms with van der Waals surface area (Å²) in [6.07, 6.45) is 0.645. The minimum absolute atomic E-state index is 0.0203. The number of hydrogen-bond acceptors (Lipinski definition) is 13. The number of pyridine rings is 1. The highest BCUT2D eigenvalue weighted by molar-refractivity contribution is 6.31. The van der Waals surface area contributed by atoms with Gasteiger partial charge < -0.3 is 35.1 Å². The lowest BCUT2D eigenvalue weighted by atomic mass is 9.82. The SMILES string of the molecule is COCCNc1nc(NCCCOCCOC)c(/N=N/c2cccc3c2C(=O)c2c(O)ccc(O)c2C3=O)c(C)c1C#N. The predicted molar refractivity (Wildman–Crippen MR) is 157 cm³/mol. The van der Waals surface area contributed by atoms with Crippen LogP contribution in [0.1, 0.15) is 49.4 Å². The summed E-state index contributed by atoms with van der Waals surface area (Å²) in [5.41, 5.74) is 0.479. The second kappa shape index (κ2) is 14.3. The van der Waals surface area contributed by atoms with Crippen LogP contribution in [0.2, 0.25) is 0 Å². The molecule has 1 aliphatic carbocycles. The summed E-state index contributed by atoms with van der Waals surface area (Å²) in [4.78, 5) is 31.3. The lowest BCUT2D eigenvalue weighted by Gasteiger charge is -2.20. The quantitative estimate of drug-likeness (QED) is 0.0929. The van der Waals surface area contributed by atoms with Crippen LogP contribution in [-0.4, -0.2) is 80.5 Å². The maximum absolute atomic E-state index is 13.5. The number of nitrogens with one attached hydrogen (secondary N) is 2. The van der Waals surface area contributed by atoms with Crippen LogP contribution in [0.25, 0.3) is 0 Å². The van der Waals surface area contributed by atoms with Crippen molar-refractivity contribution in [3.8, 4) is 17.6 Å². The summed E-state index contributed by atoms with van der Waals surface area (Å²) in [6.45, 7) is 4.45. The van der Waals surface area contributed by atoms with E-state index in [1.54, 1.807) is 27.2 Å². The Balaban J connectivity index is 1.72. The largest absolute Gasteiger partial charge is 0.507 e. The second-order valence-corrected chi connectivity index (χ2v) is 9.49. The highest BCUT2D eigenvalue weighted by atomic mass is 16.5. The van der Waals surface area contributed by atoms with E-state index in [-0.39, 0.29) is 39.2 Å². The zero-order valence-corrected chi connectivity index (χ0v) is 24.1. The minimum atomic E-state index is -0.676. The van der Waals surface area contributed by atoms with E-state index in [0.29, 0.717) is 63.1 Å². The lowest BCUT2D eigenvalue weighted by Crippen LogP contribution is -2.21. The highest BCUT2D eigenvalue weighted by Gasteiger charge is 2.36. The summed E-state index contributed by atoms with van der Waals surface area (Å²) in [7, 11) is 3.17. The van der Waals surface area contributed by atoms with Gasteiger partial charge in [0.1, 0.15) is 29.1 Å². The molecule has 13 heteroatoms. The number of benzene rings is 2. The summed E-state index contributed by atoms with van der Waals surface area (Å²) in [6, 6.07) is 8.97. The van der Waals surface area contributed by atoms with E-state index in [4.69, 9.17) is 14.2 Å². The number of phenols is 2. The fourth-order valence-electron chi connectivity index (χ4n) is 4.56. The first-order chi connectivity index (χ1) is 20.8. The number of hydrogen-bond donors (Lipinski definition) is 4. The number of phenolic OH excluding ortho intramolecular Hbond substituents is 2. The van der Waals surface area contributed by atoms with E-state index in [2.05, 4.69) is 31.9 Å². The van der Waals surface area contributed by atoms with Crippen molar-refractivity contribution in [3.63, 3.8) is 0 Å². The average Bonchev–Trinajstić information content (AvgIpc) is 3.00. The van der Waals surface area contributed by atoms with Crippen LogP contribution in [0.5, 0.6) is 11.5 Å². The van der Waals surface area contributed by atoms with E-state index < -0.39 is 23.1 Å². The van der Waals surface area contributed by atoms with Crippen LogP contribution in [0, 0.1) is 18.3 Å². The fourth-order valence-corrected chi connectivity index (χ4v) is 4.56. The van der Waals surface area contributed by atoms with Gasteiger partial charge in [0, 0.05) is 45.0 Å². The smallest absolute Gasteiger partial charge is 0.200 e. The van der Waals surface area contributed by atoms with Gasteiger partial charge in [0.25, 0.3) is 0 Å². The van der Waals surface area contributed by atoms with Crippen LogP contribution in [0.4, 0.5) is 23.0 Å². The van der Waals surface area contributed by atoms with E-state index in [1.165, 1.54) is 12.1 Å². The van der Waals surface area contributed by atoms with Gasteiger partial charge in [-0.05, 0) is 31.5 Å². The van der Waals surface area contributed by atoms with Gasteiger partial charge in [0.05, 0.1) is 47.8 Å². The normalized spacial score (nSPS) is 12.2. The average molecular weight is 589 g/mol. The number of aromatic hydroxyl groups is 2. The molecule has 43 heavy (non-hydrogen) atoms. The van der Waals surface area contributed by atoms with Crippen LogP contribution >= 0.6 is 0 Å². The Hall–Kier alpha value is -4.90. The molecule has 0 spiro atoms. The van der Waals surface area contributed by atoms with Gasteiger partial charge in [-0.1, -0.05) is 12.1 Å². The van der Waals surface area contributed by atoms with Gasteiger partial charge >= 0.3 is 0 Å². The van der Waals surface area contributed by atoms with Crippen molar-refractivity contribution in [2.75, 3.05) is 64.4 Å². The molecule has 0 saturated carbocycles. The summed E-state index contributed by atoms with van der Waals surface area (Å²) < 4.78 is 15.6. The fraction of sp³-hybridized carbons (Fsp3) is 0.333. The monoisotopic (exact) mass is 588 g/mol. The van der Waals surface area contributed by atoms with Crippen LogP contribution < -0.4 is 10.6 Å². The number of nitriles is 1. The molecule has 0 saturated heterocycles. The molecule has 4 N–H and O–H groups in total. The molecule has 0 bridgehead atoms. The lowest BCUT2D eigenvalue weighted by molar-refractivity contribution is 0.0705. The molecule has 3 aromatic rings. The molecular weight excluding hydrogens is 556 g/mol. The number of aromatic nitrogens is 1. The van der Waals surface area contributed by atoms with E-state index in [1.807, 2.05) is 0 Å². The summed E-state index contributed by atoms with van der Waals surface area (Å²) in [5.74, 6) is -1.45. The molecule has 1 aromatic heterocycles. The molecule has 4 rings (SSSR count). The van der Waals surface area contributed by atoms with Crippen molar-refractivity contribution in [1.82, 2.24) is 4.98 Å². The first kappa shape index (κ1) is 31.0. The van der Waals surface area contributed by atoms with Crippen molar-refractivity contribution in [3.05, 3.63) is 63.7 Å². The zero-order valence-electron chi connectivity index (χ0n) is 24.1. The number of nitrogens with zero attached hydrogens (tertiary/aromatic N) is 4. The highest BCUT2D eigenvalue weighted by Crippen LogP contribution is 2.41. The van der Waals surface area contributed by atoms with Gasteiger partial charge in [-0.15, -0.1) is 10.2 Å². The Morgan fingerprint density at radius 2 is 1.56 bits per heavy atom. The Labute approximate surface area is 248 Å². The minimum Gasteiger partial charge on any atom is -0.507 e. The van der Waals surface area contributed by atoms with Gasteiger partial charge in [-0.2, -0.15) is 5.26 Å². The van der Waals surface area contributed by atoms with Crippen molar-refractivity contribution in [2.45, 2.75) is 13.3 Å². The van der Waals surface area contributed by atoms with Crippen molar-refractivity contribution >= 4 is 34.6 Å². The zero-order chi connectivity index (χ0) is 30.9. The number of ether oxygens (including phenoxy) is 3. The molecule has 0 fully saturated rings. The van der Waals surface area contributed by atoms with Crippen molar-refractivity contribution in [2.24, 2.45) is 10.2 Å². The maximum atomic E-state index is 13.5. The Kier molecular flexibility index (Phi) is 10.3.